The zero-order valence-electron chi connectivity index (χ0n) is 26.1. The van der Waals surface area contributed by atoms with E-state index in [1.54, 1.807) is 0 Å². The second-order valence-electron chi connectivity index (χ2n) is 12.0. The van der Waals surface area contributed by atoms with Crippen LogP contribution in [0.4, 0.5) is 0 Å². The minimum atomic E-state index is 0.617. The van der Waals surface area contributed by atoms with Crippen LogP contribution in [-0.4, -0.2) is 28.9 Å². The van der Waals surface area contributed by atoms with Crippen LogP contribution in [0.3, 0.4) is 0 Å². The van der Waals surface area contributed by atoms with Crippen LogP contribution in [-0.2, 0) is 0 Å². The number of para-hydroxylation sites is 3. The number of hydrogen-bond donors (Lipinski definition) is 0. The summed E-state index contributed by atoms with van der Waals surface area (Å²) >= 11 is 0. The normalized spacial score (nSPS) is 11.7. The van der Waals surface area contributed by atoms with E-state index in [4.69, 9.17) is 24.4 Å². The van der Waals surface area contributed by atoms with Crippen LogP contribution >= 0.6 is 0 Å². The van der Waals surface area contributed by atoms with E-state index in [0.29, 0.717) is 17.5 Å². The number of aromatic nitrogens is 6. The van der Waals surface area contributed by atoms with Crippen LogP contribution in [0.15, 0.2) is 162 Å². The van der Waals surface area contributed by atoms with Gasteiger partial charge in [0, 0.05) is 22.1 Å². The summed E-state index contributed by atoms with van der Waals surface area (Å²) in [5, 5.41) is 1.05. The summed E-state index contributed by atoms with van der Waals surface area (Å²) in [7, 11) is 0. The van der Waals surface area contributed by atoms with Crippen LogP contribution < -0.4 is 0 Å². The van der Waals surface area contributed by atoms with Crippen molar-refractivity contribution in [1.82, 2.24) is 28.9 Å². The fraction of sp³-hybridized carbons (Fsp3) is 0. The molecule has 4 heterocycles. The Morgan fingerprint density at radius 2 is 1.02 bits per heavy atom. The van der Waals surface area contributed by atoms with Crippen molar-refractivity contribution in [3.05, 3.63) is 158 Å². The molecule has 7 nitrogen and oxygen atoms in total. The molecular weight excluding hydrogens is 605 g/mol. The summed E-state index contributed by atoms with van der Waals surface area (Å²) in [4.78, 5) is 19.8. The topological polar surface area (TPSA) is 74.0 Å². The Morgan fingerprint density at radius 3 is 1.78 bits per heavy atom. The predicted molar refractivity (Wildman–Crippen MR) is 194 cm³/mol. The average molecular weight is 631 g/mol. The van der Waals surface area contributed by atoms with Crippen LogP contribution in [0, 0.1) is 0 Å². The van der Waals surface area contributed by atoms with E-state index in [9.17, 15) is 0 Å². The summed E-state index contributed by atoms with van der Waals surface area (Å²) in [5.41, 5.74) is 10.4. The molecule has 0 unspecified atom stereocenters. The maximum atomic E-state index is 6.53. The van der Waals surface area contributed by atoms with Gasteiger partial charge in [-0.2, -0.15) is 0 Å². The van der Waals surface area contributed by atoms with Crippen molar-refractivity contribution in [2.45, 2.75) is 0 Å². The molecule has 230 valence electrons. The van der Waals surface area contributed by atoms with Gasteiger partial charge in [-0.1, -0.05) is 115 Å². The zero-order chi connectivity index (χ0) is 32.3. The molecule has 0 radical (unpaired) electrons. The molecule has 0 amide bonds. The van der Waals surface area contributed by atoms with Gasteiger partial charge >= 0.3 is 0 Å². The van der Waals surface area contributed by atoms with Gasteiger partial charge in [0.25, 0.3) is 0 Å². The maximum Gasteiger partial charge on any atom is 0.232 e. The standard InChI is InChI=1S/C42H26N6O/c1-3-13-27(14-4-1)38-44-39(28-15-5-2-6-16-28)46-40(45-38)31-19-11-17-29(25-31)30-18-12-20-32(26-30)47-41-37(33-21-7-10-24-36(33)49-41)48-35-23-9-8-22-34(35)43-42(47)48/h1-26H. The van der Waals surface area contributed by atoms with Crippen LogP contribution in [0.2, 0.25) is 0 Å². The second-order valence-corrected chi connectivity index (χ2v) is 12.0. The molecular formula is C42H26N6O. The number of imidazole rings is 2. The summed E-state index contributed by atoms with van der Waals surface area (Å²) in [6.07, 6.45) is 0. The van der Waals surface area contributed by atoms with Gasteiger partial charge in [-0.3, -0.25) is 4.40 Å². The number of nitrogens with zero attached hydrogens (tertiary/aromatic N) is 6. The second kappa shape index (κ2) is 10.9. The Balaban J connectivity index is 1.13. The van der Waals surface area contributed by atoms with Crippen molar-refractivity contribution < 1.29 is 4.42 Å². The highest BCUT2D eigenvalue weighted by Gasteiger charge is 2.23. The Kier molecular flexibility index (Phi) is 6.04. The van der Waals surface area contributed by atoms with Crippen molar-refractivity contribution in [2.75, 3.05) is 0 Å². The number of furan rings is 1. The quantitative estimate of drug-likeness (QED) is 0.189. The molecule has 10 aromatic rings. The lowest BCUT2D eigenvalue weighted by atomic mass is 10.0. The molecule has 7 heteroatoms. The first-order chi connectivity index (χ1) is 24.3. The SMILES string of the molecule is c1ccc(-c2nc(-c3ccccc3)nc(-c3cccc(-c4cccc(-n5c6oc7ccccc7c6n6c7ccccc7nc56)c4)c3)n2)cc1. The third kappa shape index (κ3) is 4.44. The highest BCUT2D eigenvalue weighted by molar-refractivity contribution is 6.06. The molecule has 0 bridgehead atoms. The zero-order valence-corrected chi connectivity index (χ0v) is 26.1. The lowest BCUT2D eigenvalue weighted by molar-refractivity contribution is 0.645. The Labute approximate surface area is 280 Å². The highest BCUT2D eigenvalue weighted by atomic mass is 16.3. The van der Waals surface area contributed by atoms with E-state index >= 15 is 0 Å². The van der Waals surface area contributed by atoms with Crippen LogP contribution in [0.5, 0.6) is 0 Å². The minimum Gasteiger partial charge on any atom is -0.437 e. The van der Waals surface area contributed by atoms with Gasteiger partial charge in [0.05, 0.1) is 16.7 Å². The van der Waals surface area contributed by atoms with E-state index in [2.05, 4.69) is 75.7 Å². The first kappa shape index (κ1) is 27.3. The van der Waals surface area contributed by atoms with Gasteiger partial charge in [-0.05, 0) is 53.6 Å². The minimum absolute atomic E-state index is 0.617. The highest BCUT2D eigenvalue weighted by Crippen LogP contribution is 2.37. The molecule has 0 aliphatic rings. The van der Waals surface area contributed by atoms with Gasteiger partial charge < -0.3 is 4.42 Å². The lowest BCUT2D eigenvalue weighted by Crippen LogP contribution is -2.00. The smallest absolute Gasteiger partial charge is 0.232 e. The van der Waals surface area contributed by atoms with Crippen molar-refractivity contribution in [3.8, 4) is 51.0 Å². The van der Waals surface area contributed by atoms with Crippen molar-refractivity contribution in [3.63, 3.8) is 0 Å². The summed E-state index contributed by atoms with van der Waals surface area (Å²) < 4.78 is 10.9. The van der Waals surface area contributed by atoms with Gasteiger partial charge in [0.1, 0.15) is 11.1 Å². The van der Waals surface area contributed by atoms with Gasteiger partial charge in [0.2, 0.25) is 11.5 Å². The van der Waals surface area contributed by atoms with E-state index < -0.39 is 0 Å². The summed E-state index contributed by atoms with van der Waals surface area (Å²) in [6.45, 7) is 0. The Bertz CT molecular complexity index is 2690. The van der Waals surface area contributed by atoms with Gasteiger partial charge in [-0.15, -0.1) is 0 Å². The molecule has 4 aromatic heterocycles. The monoisotopic (exact) mass is 630 g/mol. The third-order valence-corrected chi connectivity index (χ3v) is 8.98. The molecule has 0 aliphatic heterocycles. The predicted octanol–water partition coefficient (Wildman–Crippen LogP) is 10.0. The summed E-state index contributed by atoms with van der Waals surface area (Å²) in [6, 6.07) is 53.3. The molecule has 0 aliphatic carbocycles. The van der Waals surface area contributed by atoms with E-state index in [1.165, 1.54) is 0 Å². The first-order valence-electron chi connectivity index (χ1n) is 16.2. The number of rotatable bonds is 5. The van der Waals surface area contributed by atoms with Crippen molar-refractivity contribution in [2.24, 2.45) is 0 Å². The van der Waals surface area contributed by atoms with Crippen molar-refractivity contribution in [1.29, 1.82) is 0 Å². The fourth-order valence-corrected chi connectivity index (χ4v) is 6.69. The number of fused-ring (bicyclic) bond motifs is 7. The molecule has 6 aromatic carbocycles. The molecule has 0 atom stereocenters. The molecule has 0 saturated carbocycles. The molecule has 0 spiro atoms. The average Bonchev–Trinajstić information content (AvgIpc) is 3.83. The molecule has 0 saturated heterocycles. The van der Waals surface area contributed by atoms with Crippen LogP contribution in [0.1, 0.15) is 0 Å². The third-order valence-electron chi connectivity index (χ3n) is 8.98. The molecule has 0 N–H and O–H groups in total. The lowest BCUT2D eigenvalue weighted by Gasteiger charge is -2.10. The maximum absolute atomic E-state index is 6.53. The van der Waals surface area contributed by atoms with E-state index in [1.807, 2.05) is 91.0 Å². The fourth-order valence-electron chi connectivity index (χ4n) is 6.69. The first-order valence-corrected chi connectivity index (χ1v) is 16.2. The van der Waals surface area contributed by atoms with Crippen LogP contribution in [0.25, 0.3) is 90.0 Å². The van der Waals surface area contributed by atoms with E-state index in [-0.39, 0.29) is 0 Å². The Hall–Kier alpha value is -6.86. The summed E-state index contributed by atoms with van der Waals surface area (Å²) in [5.74, 6) is 2.69. The number of benzene rings is 6. The number of hydrogen-bond acceptors (Lipinski definition) is 5. The van der Waals surface area contributed by atoms with Gasteiger partial charge in [0.15, 0.2) is 17.5 Å². The molecule has 49 heavy (non-hydrogen) atoms. The van der Waals surface area contributed by atoms with E-state index in [0.717, 1.165) is 72.5 Å². The largest absolute Gasteiger partial charge is 0.437 e. The van der Waals surface area contributed by atoms with Crippen molar-refractivity contribution >= 4 is 39.0 Å². The Morgan fingerprint density at radius 1 is 0.449 bits per heavy atom. The molecule has 10 rings (SSSR count). The van der Waals surface area contributed by atoms with Gasteiger partial charge in [-0.25, -0.2) is 24.5 Å². The molecule has 0 fully saturated rings.